The van der Waals surface area contributed by atoms with Crippen LogP contribution in [0.4, 0.5) is 0 Å². The second-order valence-electron chi connectivity index (χ2n) is 5.75. The number of nitrogens with zero attached hydrogens (tertiary/aromatic N) is 3. The Kier molecular flexibility index (Phi) is 6.82. The average Bonchev–Trinajstić information content (AvgIpc) is 3.11. The summed E-state index contributed by atoms with van der Waals surface area (Å²) in [6.07, 6.45) is 3.29. The Labute approximate surface area is 148 Å². The van der Waals surface area contributed by atoms with Crippen LogP contribution in [0.1, 0.15) is 17.0 Å². The number of carbonyl (C=O) groups excluding carboxylic acids is 1. The number of carbonyl (C=O) groups is 1. The van der Waals surface area contributed by atoms with Crippen molar-refractivity contribution in [2.24, 2.45) is 4.99 Å². The van der Waals surface area contributed by atoms with Crippen molar-refractivity contribution >= 4 is 21.9 Å². The molecule has 9 nitrogen and oxygen atoms in total. The molecule has 0 aliphatic carbocycles. The summed E-state index contributed by atoms with van der Waals surface area (Å²) in [4.78, 5) is 20.3. The molecule has 2 rings (SSSR count). The third kappa shape index (κ3) is 6.05. The standard InChI is InChI=1S/C15H25N5O4S/c1-16-15(17-6-4-7-18-25(2,22)23)20-10-8-19(9-11-20)14(21)13-5-3-12-24-13/h3,5,12,18H,4,6-11H2,1-2H3,(H,16,17). The molecule has 0 unspecified atom stereocenters. The van der Waals surface area contributed by atoms with Crippen LogP contribution in [0.2, 0.25) is 0 Å². The summed E-state index contributed by atoms with van der Waals surface area (Å²) in [6.45, 7) is 3.53. The minimum Gasteiger partial charge on any atom is -0.459 e. The first kappa shape index (κ1) is 19.3. The zero-order chi connectivity index (χ0) is 18.3. The zero-order valence-corrected chi connectivity index (χ0v) is 15.4. The summed E-state index contributed by atoms with van der Waals surface area (Å²) in [5.74, 6) is 1.01. The maximum absolute atomic E-state index is 12.2. The molecule has 1 aromatic rings. The number of nitrogens with one attached hydrogen (secondary N) is 2. The third-order valence-electron chi connectivity index (χ3n) is 3.81. The monoisotopic (exact) mass is 371 g/mol. The van der Waals surface area contributed by atoms with Crippen LogP contribution in [0, 0.1) is 0 Å². The first-order chi connectivity index (χ1) is 11.9. The fourth-order valence-electron chi connectivity index (χ4n) is 2.56. The fraction of sp³-hybridized carbons (Fsp3) is 0.600. The predicted octanol–water partition coefficient (Wildman–Crippen LogP) is -0.448. The van der Waals surface area contributed by atoms with Crippen molar-refractivity contribution in [1.82, 2.24) is 19.8 Å². The second-order valence-corrected chi connectivity index (χ2v) is 7.58. The summed E-state index contributed by atoms with van der Waals surface area (Å²) in [6, 6.07) is 3.37. The SMILES string of the molecule is CN=C(NCCCNS(C)(=O)=O)N1CCN(C(=O)c2ccco2)CC1. The Morgan fingerprint density at radius 1 is 1.24 bits per heavy atom. The highest BCUT2D eigenvalue weighted by Gasteiger charge is 2.24. The van der Waals surface area contributed by atoms with E-state index in [1.165, 1.54) is 6.26 Å². The third-order valence-corrected chi connectivity index (χ3v) is 4.54. The molecular formula is C15H25N5O4S. The molecule has 1 saturated heterocycles. The number of guanidine groups is 1. The van der Waals surface area contributed by atoms with Gasteiger partial charge in [0, 0.05) is 46.3 Å². The van der Waals surface area contributed by atoms with Gasteiger partial charge >= 0.3 is 0 Å². The van der Waals surface area contributed by atoms with E-state index in [9.17, 15) is 13.2 Å². The van der Waals surface area contributed by atoms with E-state index in [1.54, 1.807) is 24.1 Å². The van der Waals surface area contributed by atoms with Crippen molar-refractivity contribution < 1.29 is 17.6 Å². The van der Waals surface area contributed by atoms with Crippen LogP contribution < -0.4 is 10.0 Å². The molecule has 10 heteroatoms. The number of rotatable bonds is 6. The van der Waals surface area contributed by atoms with Crippen molar-refractivity contribution in [3.05, 3.63) is 24.2 Å². The van der Waals surface area contributed by atoms with Crippen LogP contribution in [0.25, 0.3) is 0 Å². The summed E-state index contributed by atoms with van der Waals surface area (Å²) >= 11 is 0. The fourth-order valence-corrected chi connectivity index (χ4v) is 3.07. The number of sulfonamides is 1. The summed E-state index contributed by atoms with van der Waals surface area (Å²) in [7, 11) is -1.44. The maximum atomic E-state index is 12.2. The Morgan fingerprint density at radius 2 is 1.92 bits per heavy atom. The van der Waals surface area contributed by atoms with Gasteiger partial charge in [0.15, 0.2) is 11.7 Å². The lowest BCUT2D eigenvalue weighted by Gasteiger charge is -2.36. The van der Waals surface area contributed by atoms with Crippen LogP contribution >= 0.6 is 0 Å². The number of hydrogen-bond acceptors (Lipinski definition) is 5. The quantitative estimate of drug-likeness (QED) is 0.399. The van der Waals surface area contributed by atoms with Gasteiger partial charge in [-0.25, -0.2) is 13.1 Å². The van der Waals surface area contributed by atoms with Gasteiger partial charge in [-0.05, 0) is 18.6 Å². The molecule has 25 heavy (non-hydrogen) atoms. The van der Waals surface area contributed by atoms with E-state index >= 15 is 0 Å². The minimum absolute atomic E-state index is 0.0977. The van der Waals surface area contributed by atoms with Crippen molar-refractivity contribution in [1.29, 1.82) is 0 Å². The zero-order valence-electron chi connectivity index (χ0n) is 14.6. The number of amides is 1. The molecule has 0 aromatic carbocycles. The summed E-state index contributed by atoms with van der Waals surface area (Å²) in [5, 5.41) is 3.22. The molecule has 140 valence electrons. The van der Waals surface area contributed by atoms with E-state index in [0.717, 1.165) is 12.2 Å². The molecule has 0 radical (unpaired) electrons. The predicted molar refractivity (Wildman–Crippen MR) is 95.0 cm³/mol. The number of aliphatic imine (C=N–C) groups is 1. The van der Waals surface area contributed by atoms with Crippen LogP contribution in [-0.2, 0) is 10.0 Å². The number of hydrogen-bond donors (Lipinski definition) is 2. The molecule has 1 aliphatic heterocycles. The Hall–Kier alpha value is -2.07. The van der Waals surface area contributed by atoms with Crippen molar-refractivity contribution in [3.63, 3.8) is 0 Å². The molecule has 2 N–H and O–H groups in total. The van der Waals surface area contributed by atoms with Gasteiger partial charge in [0.2, 0.25) is 10.0 Å². The van der Waals surface area contributed by atoms with Gasteiger partial charge in [-0.15, -0.1) is 0 Å². The lowest BCUT2D eigenvalue weighted by molar-refractivity contribution is 0.0657. The molecule has 1 fully saturated rings. The first-order valence-electron chi connectivity index (χ1n) is 8.14. The van der Waals surface area contributed by atoms with E-state index in [4.69, 9.17) is 4.42 Å². The Morgan fingerprint density at radius 3 is 2.48 bits per heavy atom. The van der Waals surface area contributed by atoms with Gasteiger partial charge in [-0.2, -0.15) is 0 Å². The molecule has 0 spiro atoms. The molecule has 0 atom stereocenters. The van der Waals surface area contributed by atoms with Crippen molar-refractivity contribution in [2.45, 2.75) is 6.42 Å². The average molecular weight is 371 g/mol. The summed E-state index contributed by atoms with van der Waals surface area (Å²) < 4.78 is 29.6. The topological polar surface area (TPSA) is 107 Å². The highest BCUT2D eigenvalue weighted by Crippen LogP contribution is 2.09. The van der Waals surface area contributed by atoms with E-state index in [1.807, 2.05) is 0 Å². The summed E-state index contributed by atoms with van der Waals surface area (Å²) in [5.41, 5.74) is 0. The van der Waals surface area contributed by atoms with Gasteiger partial charge in [0.25, 0.3) is 5.91 Å². The van der Waals surface area contributed by atoms with Gasteiger partial charge in [0.1, 0.15) is 0 Å². The largest absolute Gasteiger partial charge is 0.459 e. The molecule has 0 saturated carbocycles. The van der Waals surface area contributed by atoms with Crippen LogP contribution in [0.3, 0.4) is 0 Å². The first-order valence-corrected chi connectivity index (χ1v) is 10.0. The number of furan rings is 1. The Bertz CT molecular complexity index is 679. The van der Waals surface area contributed by atoms with Crippen LogP contribution in [-0.4, -0.2) is 82.7 Å². The lowest BCUT2D eigenvalue weighted by Crippen LogP contribution is -2.53. The molecule has 2 heterocycles. The molecular weight excluding hydrogens is 346 g/mol. The molecule has 0 bridgehead atoms. The van der Waals surface area contributed by atoms with E-state index < -0.39 is 10.0 Å². The molecule has 1 aliphatic rings. The highest BCUT2D eigenvalue weighted by atomic mass is 32.2. The Balaban J connectivity index is 1.73. The van der Waals surface area contributed by atoms with E-state index in [0.29, 0.717) is 51.4 Å². The van der Waals surface area contributed by atoms with E-state index in [2.05, 4.69) is 19.9 Å². The van der Waals surface area contributed by atoms with Gasteiger partial charge in [-0.3, -0.25) is 9.79 Å². The van der Waals surface area contributed by atoms with Gasteiger partial charge in [-0.1, -0.05) is 0 Å². The highest BCUT2D eigenvalue weighted by molar-refractivity contribution is 7.88. The van der Waals surface area contributed by atoms with Crippen LogP contribution in [0.5, 0.6) is 0 Å². The van der Waals surface area contributed by atoms with Gasteiger partial charge in [0.05, 0.1) is 12.5 Å². The van der Waals surface area contributed by atoms with Gasteiger partial charge < -0.3 is 19.5 Å². The lowest BCUT2D eigenvalue weighted by atomic mass is 10.3. The minimum atomic E-state index is -3.15. The van der Waals surface area contributed by atoms with E-state index in [-0.39, 0.29) is 5.91 Å². The van der Waals surface area contributed by atoms with Crippen LogP contribution in [0.15, 0.2) is 27.8 Å². The van der Waals surface area contributed by atoms with Crippen molar-refractivity contribution in [2.75, 3.05) is 52.6 Å². The molecule has 1 aromatic heterocycles. The number of piperazine rings is 1. The van der Waals surface area contributed by atoms with Crippen molar-refractivity contribution in [3.8, 4) is 0 Å². The molecule has 1 amide bonds. The smallest absolute Gasteiger partial charge is 0.289 e. The normalized spacial score (nSPS) is 16.2. The maximum Gasteiger partial charge on any atom is 0.289 e. The second kappa shape index (κ2) is 8.86.